The van der Waals surface area contributed by atoms with Crippen molar-refractivity contribution in [3.8, 4) is 89.0 Å². The lowest BCUT2D eigenvalue weighted by Gasteiger charge is -2.33. The molecule has 2 aromatic heterocycles. The first kappa shape index (κ1) is 68.5. The summed E-state index contributed by atoms with van der Waals surface area (Å²) in [6.07, 6.45) is 15.5. The van der Waals surface area contributed by atoms with Crippen LogP contribution in [-0.4, -0.2) is 0 Å². The Morgan fingerprint density at radius 1 is 0.291 bits per heavy atom. The smallest absolute Gasteiger partial charge is 0.143 e. The molecular weight excluding hydrogens is 1330 g/mol. The van der Waals surface area contributed by atoms with Crippen LogP contribution in [0.1, 0.15) is 213 Å². The van der Waals surface area contributed by atoms with Crippen molar-refractivity contribution in [2.75, 3.05) is 4.90 Å². The molecule has 0 amide bonds. The highest BCUT2D eigenvalue weighted by Crippen LogP contribution is 2.62. The molecule has 0 N–H and O–H groups in total. The predicted molar refractivity (Wildman–Crippen MR) is 465 cm³/mol. The summed E-state index contributed by atoms with van der Waals surface area (Å²) >= 11 is 0. The lowest BCUT2D eigenvalue weighted by Crippen LogP contribution is -2.25. The summed E-state index contributed by atoms with van der Waals surface area (Å²) < 4.78 is 13.7. The zero-order valence-corrected chi connectivity index (χ0v) is 66.3. The number of aryl methyl sites for hydroxylation is 2. The Hall–Kier alpha value is -10.7. The van der Waals surface area contributed by atoms with Crippen LogP contribution in [0.25, 0.3) is 133 Å². The maximum Gasteiger partial charge on any atom is 0.143 e. The van der Waals surface area contributed by atoms with Crippen LogP contribution in [0.5, 0.6) is 0 Å². The molecule has 110 heavy (non-hydrogen) atoms. The van der Waals surface area contributed by atoms with Crippen LogP contribution in [-0.2, 0) is 27.1 Å². The molecule has 0 fully saturated rings. The summed E-state index contributed by atoms with van der Waals surface area (Å²) in [7, 11) is 0. The van der Waals surface area contributed by atoms with E-state index < -0.39 is 0 Å². The van der Waals surface area contributed by atoms with Gasteiger partial charge in [-0.1, -0.05) is 291 Å². The third-order valence-electron chi connectivity index (χ3n) is 27.6. The van der Waals surface area contributed by atoms with Crippen LogP contribution in [0.3, 0.4) is 0 Å². The van der Waals surface area contributed by atoms with E-state index in [4.69, 9.17) is 8.83 Å². The minimum atomic E-state index is -0.367. The Kier molecular flexibility index (Phi) is 15.7. The van der Waals surface area contributed by atoms with E-state index in [2.05, 4.69) is 325 Å². The monoisotopic (exact) mass is 1430 g/mol. The van der Waals surface area contributed by atoms with Gasteiger partial charge in [-0.05, 0) is 256 Å². The zero-order valence-electron chi connectivity index (χ0n) is 66.3. The second-order valence-electron chi connectivity index (χ2n) is 35.5. The molecule has 0 aliphatic heterocycles. The van der Waals surface area contributed by atoms with Gasteiger partial charge in [0.1, 0.15) is 22.3 Å². The molecule has 0 saturated carbocycles. The molecule has 0 unspecified atom stereocenters. The van der Waals surface area contributed by atoms with E-state index in [1.54, 1.807) is 11.1 Å². The van der Waals surface area contributed by atoms with Crippen LogP contribution in [0, 0.1) is 13.8 Å². The number of nitrogens with zero attached hydrogens (tertiary/aromatic N) is 1. The lowest BCUT2D eigenvalue weighted by atomic mass is 9.70. The third kappa shape index (κ3) is 10.1. The van der Waals surface area contributed by atoms with Crippen molar-refractivity contribution in [3.05, 3.63) is 303 Å². The van der Waals surface area contributed by atoms with Gasteiger partial charge in [-0.3, -0.25) is 0 Å². The first-order valence-electron chi connectivity index (χ1n) is 41.2. The first-order valence-corrected chi connectivity index (χ1v) is 41.2. The summed E-state index contributed by atoms with van der Waals surface area (Å²) in [5.41, 5.74) is 43.5. The van der Waals surface area contributed by atoms with Crippen LogP contribution in [0.4, 0.5) is 17.1 Å². The molecule has 0 bridgehead atoms. The minimum absolute atomic E-state index is 0.0460. The fourth-order valence-corrected chi connectivity index (χ4v) is 21.6. The van der Waals surface area contributed by atoms with Crippen molar-refractivity contribution in [1.82, 2.24) is 0 Å². The van der Waals surface area contributed by atoms with Gasteiger partial charge in [0.25, 0.3) is 0 Å². The summed E-state index contributed by atoms with van der Waals surface area (Å²) in [6.45, 7) is 28.6. The van der Waals surface area contributed by atoms with Crippen LogP contribution < -0.4 is 4.90 Å². The molecule has 0 saturated heterocycles. The van der Waals surface area contributed by atoms with Crippen molar-refractivity contribution in [2.24, 2.45) is 0 Å². The minimum Gasteiger partial charge on any atom is -0.456 e. The van der Waals surface area contributed by atoms with E-state index in [1.165, 1.54) is 232 Å². The number of para-hydroxylation sites is 2. The van der Waals surface area contributed by atoms with Crippen molar-refractivity contribution >= 4 is 60.9 Å². The van der Waals surface area contributed by atoms with E-state index in [1.807, 2.05) is 0 Å². The SMILES string of the molecule is CCCCCCCC1(CCCCCCC)c2ccccc2-c2ccc(-c3ccc4c(c3)C(C)(C)c3cc(-c5ccc(-c6cc7c(c8c6oc6ccccc68)-c6ccc(N(c8ccc9c(c8)C(C)(C)c8cc%10c(cc8-9)C(C)(C)c8ccc9oc%11ccccc%11c9c8-%10)c8ccc(C)cc8C)cc6C7(C)C)cc5)ccc3-4)cc21. The summed E-state index contributed by atoms with van der Waals surface area (Å²) in [5.74, 6) is 0. The topological polar surface area (TPSA) is 29.5 Å². The van der Waals surface area contributed by atoms with Gasteiger partial charge in [-0.2, -0.15) is 0 Å². The summed E-state index contributed by atoms with van der Waals surface area (Å²) in [5, 5.41) is 4.73. The van der Waals surface area contributed by atoms with Crippen LogP contribution in [0.2, 0.25) is 0 Å². The van der Waals surface area contributed by atoms with E-state index in [0.29, 0.717) is 0 Å². The molecule has 5 aliphatic carbocycles. The van der Waals surface area contributed by atoms with Gasteiger partial charge in [0, 0.05) is 71.2 Å². The van der Waals surface area contributed by atoms with Crippen LogP contribution >= 0.6 is 0 Å². The fourth-order valence-electron chi connectivity index (χ4n) is 21.6. The van der Waals surface area contributed by atoms with Gasteiger partial charge in [0.15, 0.2) is 0 Å². The number of furan rings is 2. The van der Waals surface area contributed by atoms with E-state index in [0.717, 1.165) is 50.2 Å². The Balaban J connectivity index is 0.625. The number of anilines is 3. The molecule has 2 heterocycles. The summed E-state index contributed by atoms with van der Waals surface area (Å²) in [4.78, 5) is 2.53. The molecule has 3 nitrogen and oxygen atoms in total. The van der Waals surface area contributed by atoms with Gasteiger partial charge in [-0.25, -0.2) is 0 Å². The molecular formula is C107H99NO2. The maximum absolute atomic E-state index is 7.14. The number of benzene rings is 13. The normalized spacial score (nSPS) is 15.5. The largest absolute Gasteiger partial charge is 0.456 e. The number of hydrogen-bond donors (Lipinski definition) is 0. The van der Waals surface area contributed by atoms with Gasteiger partial charge in [0.05, 0.1) is 0 Å². The van der Waals surface area contributed by atoms with Crippen molar-refractivity contribution < 1.29 is 8.83 Å². The maximum atomic E-state index is 7.14. The average Bonchev–Trinajstić information content (AvgIpc) is 1.54. The lowest BCUT2D eigenvalue weighted by molar-refractivity contribution is 0.399. The molecule has 0 atom stereocenters. The standard InChI is InChI=1S/C107H99NO2/c1-13-15-17-19-27-53-107(54-28-20-18-16-14-2)84-32-24-21-29-73(84)76-47-42-70(58-92(76)107)69-41-46-75-74-45-40-68(56-86(74)104(7,8)87(75)57-69)66-36-38-67(39-37-66)81-61-93-98(101-80-31-23-26-34-96(80)110-102(81)101)78-49-44-72(60-89(78)106(93,11)12)108(94-51-35-64(3)55-65(94)4)71-43-48-77-82-62-91-83(63-90(82)105(9,10)88(77)59-71)99-85(103(91,5)6)50-52-97-100(99)79-30-22-25-33-95(79)109-97/h21-26,29-52,55-63H,13-20,27-28,53-54H2,1-12H3. The van der Waals surface area contributed by atoms with Crippen molar-refractivity contribution in [1.29, 1.82) is 0 Å². The fraction of sp³-hybridized carbons (Fsp3) is 0.271. The Morgan fingerprint density at radius 2 is 0.745 bits per heavy atom. The Bertz CT molecular complexity index is 6330. The molecule has 13 aromatic carbocycles. The molecule has 5 aliphatic rings. The quantitative estimate of drug-likeness (QED) is 0.0802. The number of fused-ring (bicyclic) bond motifs is 23. The summed E-state index contributed by atoms with van der Waals surface area (Å²) in [6, 6.07) is 91.8. The second-order valence-corrected chi connectivity index (χ2v) is 35.5. The number of rotatable bonds is 18. The molecule has 15 aromatic rings. The van der Waals surface area contributed by atoms with Crippen LogP contribution in [0.15, 0.2) is 245 Å². The van der Waals surface area contributed by atoms with Gasteiger partial charge >= 0.3 is 0 Å². The van der Waals surface area contributed by atoms with Crippen molar-refractivity contribution in [2.45, 2.75) is 187 Å². The highest BCUT2D eigenvalue weighted by atomic mass is 16.3. The Morgan fingerprint density at radius 3 is 1.40 bits per heavy atom. The predicted octanol–water partition coefficient (Wildman–Crippen LogP) is 30.8. The van der Waals surface area contributed by atoms with Gasteiger partial charge in [0.2, 0.25) is 0 Å². The second kappa shape index (κ2) is 25.1. The Labute approximate surface area is 650 Å². The highest BCUT2D eigenvalue weighted by molar-refractivity contribution is 6.19. The number of unbranched alkanes of at least 4 members (excludes halogenated alkanes) is 8. The van der Waals surface area contributed by atoms with E-state index in [9.17, 15) is 0 Å². The molecule has 20 rings (SSSR count). The molecule has 544 valence electrons. The van der Waals surface area contributed by atoms with Gasteiger partial charge < -0.3 is 13.7 Å². The zero-order chi connectivity index (χ0) is 75.1. The van der Waals surface area contributed by atoms with Gasteiger partial charge in [-0.15, -0.1) is 0 Å². The van der Waals surface area contributed by atoms with E-state index in [-0.39, 0.29) is 27.1 Å². The average molecular weight is 1430 g/mol. The third-order valence-corrected chi connectivity index (χ3v) is 27.6. The molecule has 0 radical (unpaired) electrons. The van der Waals surface area contributed by atoms with E-state index >= 15 is 0 Å². The molecule has 3 heteroatoms. The molecule has 0 spiro atoms. The van der Waals surface area contributed by atoms with Crippen molar-refractivity contribution in [3.63, 3.8) is 0 Å². The highest BCUT2D eigenvalue weighted by Gasteiger charge is 2.46. The number of hydrogen-bond acceptors (Lipinski definition) is 3. The first-order chi connectivity index (χ1) is 53.3.